The van der Waals surface area contributed by atoms with Gasteiger partial charge in [-0.1, -0.05) is 18.2 Å². The zero-order valence-electron chi connectivity index (χ0n) is 15.3. The summed E-state index contributed by atoms with van der Waals surface area (Å²) in [6, 6.07) is 9.35. The van der Waals surface area contributed by atoms with E-state index < -0.39 is 0 Å². The summed E-state index contributed by atoms with van der Waals surface area (Å²) in [5.41, 5.74) is 1.70. The quantitative estimate of drug-likeness (QED) is 0.894. The molecule has 1 amide bonds. The van der Waals surface area contributed by atoms with E-state index in [4.69, 9.17) is 4.74 Å². The molecule has 2 aromatic rings. The molecule has 0 aliphatic carbocycles. The lowest BCUT2D eigenvalue weighted by Crippen LogP contribution is -2.39. The summed E-state index contributed by atoms with van der Waals surface area (Å²) in [6.07, 6.45) is 2.99. The molecule has 1 aliphatic rings. The number of hydrogen-bond acceptors (Lipinski definition) is 4. The van der Waals surface area contributed by atoms with E-state index in [1.54, 1.807) is 20.1 Å². The molecule has 2 heterocycles. The number of nitrogens with zero attached hydrogens (tertiary/aromatic N) is 2. The second-order valence-electron chi connectivity index (χ2n) is 6.75. The van der Waals surface area contributed by atoms with Crippen LogP contribution in [-0.2, 0) is 11.2 Å². The number of methoxy groups -OCH3 is 1. The number of benzene rings is 1. The van der Waals surface area contributed by atoms with Crippen LogP contribution in [0.3, 0.4) is 0 Å². The fraction of sp³-hybridized carbons (Fsp3) is 0.450. The van der Waals surface area contributed by atoms with E-state index in [0.717, 1.165) is 36.4 Å². The normalized spacial score (nSPS) is 17.2. The molecule has 0 spiro atoms. The number of nitrogens with one attached hydrogen (secondary N) is 1. The van der Waals surface area contributed by atoms with Crippen molar-refractivity contribution in [1.29, 1.82) is 0 Å². The number of aromatic nitrogens is 2. The number of hydrogen-bond donors (Lipinski definition) is 1. The van der Waals surface area contributed by atoms with Gasteiger partial charge < -0.3 is 14.6 Å². The predicted octanol–water partition coefficient (Wildman–Crippen LogP) is 2.43. The number of aromatic amines is 1. The number of amides is 1. The van der Waals surface area contributed by atoms with Crippen LogP contribution in [0, 0.1) is 6.92 Å². The Balaban J connectivity index is 1.63. The Morgan fingerprint density at radius 1 is 1.38 bits per heavy atom. The van der Waals surface area contributed by atoms with Crippen LogP contribution in [0.15, 0.2) is 35.1 Å². The maximum atomic E-state index is 12.7. The number of aryl methyl sites for hydroxylation is 2. The third-order valence-corrected chi connectivity index (χ3v) is 4.87. The first kappa shape index (κ1) is 18.2. The van der Waals surface area contributed by atoms with Crippen LogP contribution in [-0.4, -0.2) is 41.0 Å². The summed E-state index contributed by atoms with van der Waals surface area (Å²) in [6.45, 7) is 3.17. The van der Waals surface area contributed by atoms with Crippen LogP contribution in [0.4, 0.5) is 0 Å². The van der Waals surface area contributed by atoms with Crippen molar-refractivity contribution in [2.24, 2.45) is 0 Å². The summed E-state index contributed by atoms with van der Waals surface area (Å²) >= 11 is 0. The van der Waals surface area contributed by atoms with Crippen LogP contribution in [0.5, 0.6) is 5.75 Å². The third kappa shape index (κ3) is 4.31. The number of carbonyl (C=O) groups is 1. The molecule has 1 saturated heterocycles. The highest BCUT2D eigenvalue weighted by molar-refractivity contribution is 5.76. The first-order chi connectivity index (χ1) is 12.6. The van der Waals surface area contributed by atoms with Gasteiger partial charge in [0.15, 0.2) is 0 Å². The topological polar surface area (TPSA) is 75.3 Å². The molecule has 26 heavy (non-hydrogen) atoms. The van der Waals surface area contributed by atoms with E-state index in [-0.39, 0.29) is 17.4 Å². The van der Waals surface area contributed by atoms with Crippen molar-refractivity contribution in [3.63, 3.8) is 0 Å². The van der Waals surface area contributed by atoms with Gasteiger partial charge in [-0.25, -0.2) is 4.98 Å². The van der Waals surface area contributed by atoms with Crippen molar-refractivity contribution in [3.05, 3.63) is 57.8 Å². The molecule has 6 nitrogen and oxygen atoms in total. The first-order valence-electron chi connectivity index (χ1n) is 9.04. The third-order valence-electron chi connectivity index (χ3n) is 4.87. The molecule has 1 aliphatic heterocycles. The highest BCUT2D eigenvalue weighted by atomic mass is 16.5. The first-order valence-corrected chi connectivity index (χ1v) is 9.04. The Bertz CT molecular complexity index is 831. The molecule has 0 bridgehead atoms. The molecule has 1 fully saturated rings. The van der Waals surface area contributed by atoms with E-state index in [9.17, 15) is 9.59 Å². The van der Waals surface area contributed by atoms with Crippen LogP contribution >= 0.6 is 0 Å². The SMILES string of the molecule is COc1ccccc1CCC(=O)N1CCC[C@@H](c2cc(=O)[nH]c(C)n2)C1. The highest BCUT2D eigenvalue weighted by Crippen LogP contribution is 2.26. The maximum absolute atomic E-state index is 12.7. The lowest BCUT2D eigenvalue weighted by molar-refractivity contribution is -0.132. The van der Waals surface area contributed by atoms with E-state index in [2.05, 4.69) is 9.97 Å². The standard InChI is InChI=1S/C20H25N3O3/c1-14-21-17(12-19(24)22-14)16-7-5-11-23(13-16)20(25)10-9-15-6-3-4-8-18(15)26-2/h3-4,6,8,12,16H,5,7,9-11,13H2,1-2H3,(H,21,22,24)/t16-/m1/s1. The zero-order valence-corrected chi connectivity index (χ0v) is 15.3. The lowest BCUT2D eigenvalue weighted by atomic mass is 9.94. The van der Waals surface area contributed by atoms with Crippen molar-refractivity contribution in [2.45, 2.75) is 38.5 Å². The highest BCUT2D eigenvalue weighted by Gasteiger charge is 2.26. The van der Waals surface area contributed by atoms with Crippen LogP contribution < -0.4 is 10.3 Å². The Morgan fingerprint density at radius 2 is 2.19 bits per heavy atom. The fourth-order valence-corrected chi connectivity index (χ4v) is 3.57. The minimum atomic E-state index is -0.132. The molecule has 0 radical (unpaired) electrons. The second-order valence-corrected chi connectivity index (χ2v) is 6.75. The average molecular weight is 355 g/mol. The van der Waals surface area contributed by atoms with Crippen molar-refractivity contribution in [1.82, 2.24) is 14.9 Å². The van der Waals surface area contributed by atoms with Gasteiger partial charge in [0.25, 0.3) is 5.56 Å². The molecule has 0 unspecified atom stereocenters. The van der Waals surface area contributed by atoms with Crippen molar-refractivity contribution >= 4 is 5.91 Å². The van der Waals surface area contributed by atoms with Crippen LogP contribution in [0.25, 0.3) is 0 Å². The average Bonchev–Trinajstić information content (AvgIpc) is 2.65. The number of carbonyl (C=O) groups excluding carboxylic acids is 1. The van der Waals surface area contributed by atoms with Crippen LogP contribution in [0.1, 0.15) is 42.3 Å². The van der Waals surface area contributed by atoms with Gasteiger partial charge >= 0.3 is 0 Å². The number of para-hydroxylation sites is 1. The summed E-state index contributed by atoms with van der Waals surface area (Å²) in [5, 5.41) is 0. The predicted molar refractivity (Wildman–Crippen MR) is 99.5 cm³/mol. The lowest BCUT2D eigenvalue weighted by Gasteiger charge is -2.32. The van der Waals surface area contributed by atoms with Crippen molar-refractivity contribution < 1.29 is 9.53 Å². The second kappa shape index (κ2) is 8.17. The van der Waals surface area contributed by atoms with Gasteiger partial charge in [-0.3, -0.25) is 9.59 Å². The summed E-state index contributed by atoms with van der Waals surface area (Å²) < 4.78 is 5.35. The molecule has 1 aromatic heterocycles. The number of likely N-dealkylation sites (tertiary alicyclic amines) is 1. The number of H-pyrrole nitrogens is 1. The fourth-order valence-electron chi connectivity index (χ4n) is 3.57. The largest absolute Gasteiger partial charge is 0.496 e. The summed E-state index contributed by atoms with van der Waals surface area (Å²) in [4.78, 5) is 33.4. The van der Waals surface area contributed by atoms with Crippen molar-refractivity contribution in [3.8, 4) is 5.75 Å². The van der Waals surface area contributed by atoms with E-state index in [1.807, 2.05) is 29.2 Å². The molecule has 0 saturated carbocycles. The van der Waals surface area contributed by atoms with Crippen molar-refractivity contribution in [2.75, 3.05) is 20.2 Å². The Labute approximate surface area is 153 Å². The van der Waals surface area contributed by atoms with Gasteiger partial charge in [-0.2, -0.15) is 0 Å². The van der Waals surface area contributed by atoms with Crippen LogP contribution in [0.2, 0.25) is 0 Å². The molecule has 1 atom stereocenters. The molecule has 3 rings (SSSR count). The van der Waals surface area contributed by atoms with Gasteiger partial charge in [0.1, 0.15) is 11.6 Å². The monoisotopic (exact) mass is 355 g/mol. The van der Waals surface area contributed by atoms with Gasteiger partial charge in [0.2, 0.25) is 5.91 Å². The van der Waals surface area contributed by atoms with Gasteiger partial charge in [0, 0.05) is 31.5 Å². The van der Waals surface area contributed by atoms with E-state index >= 15 is 0 Å². The summed E-state index contributed by atoms with van der Waals surface area (Å²) in [5.74, 6) is 1.70. The maximum Gasteiger partial charge on any atom is 0.251 e. The minimum absolute atomic E-state index is 0.125. The summed E-state index contributed by atoms with van der Waals surface area (Å²) in [7, 11) is 1.65. The smallest absolute Gasteiger partial charge is 0.251 e. The van der Waals surface area contributed by atoms with Gasteiger partial charge in [-0.15, -0.1) is 0 Å². The number of piperidine rings is 1. The van der Waals surface area contributed by atoms with Gasteiger partial charge in [-0.05, 0) is 37.8 Å². The number of ether oxygens (including phenoxy) is 1. The number of rotatable bonds is 5. The van der Waals surface area contributed by atoms with E-state index in [0.29, 0.717) is 25.2 Å². The molecule has 1 aromatic carbocycles. The molecular weight excluding hydrogens is 330 g/mol. The minimum Gasteiger partial charge on any atom is -0.496 e. The van der Waals surface area contributed by atoms with E-state index in [1.165, 1.54) is 0 Å². The zero-order chi connectivity index (χ0) is 18.5. The Morgan fingerprint density at radius 3 is 2.96 bits per heavy atom. The van der Waals surface area contributed by atoms with Gasteiger partial charge in [0.05, 0.1) is 12.8 Å². The molecule has 6 heteroatoms. The Kier molecular flexibility index (Phi) is 5.71. The molecule has 138 valence electrons. The molecule has 1 N–H and O–H groups in total. The molecular formula is C20H25N3O3. The Hall–Kier alpha value is -2.63.